The molecule has 0 radical (unpaired) electrons. The Bertz CT molecular complexity index is 687. The van der Waals surface area contributed by atoms with Crippen molar-refractivity contribution >= 4 is 0 Å². The maximum Gasteiger partial charge on any atom is 0.210 e. The lowest BCUT2D eigenvalue weighted by Crippen LogP contribution is -2.65. The van der Waals surface area contributed by atoms with Crippen LogP contribution in [0, 0.1) is 46.3 Å². The lowest BCUT2D eigenvalue weighted by molar-refractivity contribution is -0.296. The Morgan fingerprint density at radius 3 is 2.47 bits per heavy atom. The van der Waals surface area contributed by atoms with Crippen molar-refractivity contribution in [1.29, 1.82) is 0 Å². The Morgan fingerprint density at radius 1 is 1.06 bits per heavy atom. The van der Waals surface area contributed by atoms with Gasteiger partial charge in [-0.3, -0.25) is 0 Å². The zero-order chi connectivity index (χ0) is 23.5. The maximum absolute atomic E-state index is 16.0. The van der Waals surface area contributed by atoms with Crippen molar-refractivity contribution in [3.05, 3.63) is 0 Å². The molecule has 0 spiro atoms. The average Bonchev–Trinajstić information content (AvgIpc) is 3.05. The topological polar surface area (TPSA) is 90.2 Å². The van der Waals surface area contributed by atoms with Gasteiger partial charge in [0.2, 0.25) is 11.7 Å². The summed E-state index contributed by atoms with van der Waals surface area (Å²) in [5.41, 5.74) is -0.869. The normalized spacial score (nSPS) is 53.9. The Hall–Kier alpha value is -0.340. The minimum Gasteiger partial charge on any atom is -0.393 e. The highest BCUT2D eigenvalue weighted by atomic mass is 19.2. The lowest BCUT2D eigenvalue weighted by Gasteiger charge is -2.64. The molecule has 0 amide bonds. The van der Waals surface area contributed by atoms with Gasteiger partial charge in [-0.15, -0.1) is 0 Å². The maximum atomic E-state index is 16.0. The molecule has 11 atom stereocenters. The highest BCUT2D eigenvalue weighted by Gasteiger charge is 2.70. The Morgan fingerprint density at radius 2 is 1.78 bits per heavy atom. The summed E-state index contributed by atoms with van der Waals surface area (Å²) in [6.45, 7) is 6.53. The smallest absolute Gasteiger partial charge is 0.210 e. The summed E-state index contributed by atoms with van der Waals surface area (Å²) in [7, 11) is 0. The van der Waals surface area contributed by atoms with Gasteiger partial charge >= 0.3 is 0 Å². The van der Waals surface area contributed by atoms with Gasteiger partial charge in [0.05, 0.1) is 6.10 Å². The molecule has 0 saturated heterocycles. The highest BCUT2D eigenvalue weighted by molar-refractivity contribution is 5.16. The van der Waals surface area contributed by atoms with E-state index in [2.05, 4.69) is 20.8 Å². The number of fused-ring (bicyclic) bond motifs is 5. The third kappa shape index (κ3) is 3.84. The molecule has 4 fully saturated rings. The van der Waals surface area contributed by atoms with E-state index in [1.165, 1.54) is 0 Å². The van der Waals surface area contributed by atoms with E-state index in [9.17, 15) is 19.7 Å². The first kappa shape index (κ1) is 24.8. The second-order valence-corrected chi connectivity index (χ2v) is 12.0. The lowest BCUT2D eigenvalue weighted by atomic mass is 9.42. The first-order chi connectivity index (χ1) is 14.9. The molecule has 4 saturated carbocycles. The fraction of sp³-hybridized carbons (Fsp3) is 1.00. The van der Waals surface area contributed by atoms with E-state index in [-0.39, 0.29) is 43.8 Å². The second-order valence-electron chi connectivity index (χ2n) is 12.0. The van der Waals surface area contributed by atoms with E-state index in [4.69, 9.17) is 9.84 Å². The number of alkyl halides is 2. The summed E-state index contributed by atoms with van der Waals surface area (Å²) < 4.78 is 35.4. The van der Waals surface area contributed by atoms with Gasteiger partial charge in [-0.2, -0.15) is 0 Å². The van der Waals surface area contributed by atoms with E-state index >= 15 is 4.39 Å². The molecular formula is C25H42F2O5. The van der Waals surface area contributed by atoms with Crippen molar-refractivity contribution in [2.24, 2.45) is 46.3 Å². The third-order valence-corrected chi connectivity index (χ3v) is 10.6. The highest BCUT2D eigenvalue weighted by Crippen LogP contribution is 2.71. The van der Waals surface area contributed by atoms with Crippen molar-refractivity contribution in [3.63, 3.8) is 0 Å². The van der Waals surface area contributed by atoms with Crippen LogP contribution < -0.4 is 0 Å². The fourth-order valence-electron chi connectivity index (χ4n) is 8.86. The molecule has 4 aliphatic carbocycles. The van der Waals surface area contributed by atoms with Gasteiger partial charge < -0.3 is 25.2 Å². The van der Waals surface area contributed by atoms with Gasteiger partial charge in [0.25, 0.3) is 0 Å². The van der Waals surface area contributed by atoms with Crippen molar-refractivity contribution in [2.45, 2.75) is 96.4 Å². The molecule has 0 aromatic heterocycles. The van der Waals surface area contributed by atoms with Crippen LogP contribution in [0.2, 0.25) is 0 Å². The Kier molecular flexibility index (Phi) is 6.50. The van der Waals surface area contributed by atoms with Crippen LogP contribution in [0.3, 0.4) is 0 Å². The van der Waals surface area contributed by atoms with Crippen LogP contribution in [-0.4, -0.2) is 51.6 Å². The van der Waals surface area contributed by atoms with Crippen LogP contribution >= 0.6 is 0 Å². The SMILES string of the molecule is CC(CCCOCO)C1CCC2C3C(CC(O)C12C)C1(C)CCC(O)(F)CC1CC3(O)F. The third-order valence-electron chi connectivity index (χ3n) is 10.6. The Balaban J connectivity index is 1.59. The molecule has 186 valence electrons. The molecule has 11 unspecified atom stereocenters. The largest absolute Gasteiger partial charge is 0.393 e. The first-order valence-electron chi connectivity index (χ1n) is 12.6. The van der Waals surface area contributed by atoms with Crippen LogP contribution in [-0.2, 0) is 4.74 Å². The van der Waals surface area contributed by atoms with Crippen LogP contribution in [0.1, 0.15) is 78.6 Å². The van der Waals surface area contributed by atoms with Gasteiger partial charge in [-0.05, 0) is 78.9 Å². The van der Waals surface area contributed by atoms with Gasteiger partial charge in [0.1, 0.15) is 6.79 Å². The molecule has 32 heavy (non-hydrogen) atoms. The van der Waals surface area contributed by atoms with E-state index in [0.717, 1.165) is 25.7 Å². The number of rotatable bonds is 6. The summed E-state index contributed by atoms with van der Waals surface area (Å²) >= 11 is 0. The summed E-state index contributed by atoms with van der Waals surface area (Å²) in [4.78, 5) is 0. The second kappa shape index (κ2) is 8.40. The quantitative estimate of drug-likeness (QED) is 0.356. The van der Waals surface area contributed by atoms with Crippen molar-refractivity contribution in [3.8, 4) is 0 Å². The van der Waals surface area contributed by atoms with E-state index in [1.807, 2.05) is 0 Å². The van der Waals surface area contributed by atoms with Crippen LogP contribution in [0.25, 0.3) is 0 Å². The summed E-state index contributed by atoms with van der Waals surface area (Å²) in [5, 5.41) is 41.4. The number of hydrogen-bond donors (Lipinski definition) is 4. The molecule has 0 aliphatic heterocycles. The van der Waals surface area contributed by atoms with Crippen LogP contribution in [0.15, 0.2) is 0 Å². The average molecular weight is 461 g/mol. The molecule has 0 bridgehead atoms. The zero-order valence-electron chi connectivity index (χ0n) is 19.8. The van der Waals surface area contributed by atoms with Gasteiger partial charge in [-0.25, -0.2) is 8.78 Å². The Labute approximate surface area is 190 Å². The molecule has 0 heterocycles. The molecule has 0 aromatic rings. The van der Waals surface area contributed by atoms with Gasteiger partial charge in [0.15, 0.2) is 0 Å². The molecule has 4 aliphatic rings. The van der Waals surface area contributed by atoms with Crippen molar-refractivity contribution < 1.29 is 33.9 Å². The van der Waals surface area contributed by atoms with E-state index in [0.29, 0.717) is 25.4 Å². The van der Waals surface area contributed by atoms with Crippen LogP contribution in [0.5, 0.6) is 0 Å². The predicted octanol–water partition coefficient (Wildman–Crippen LogP) is 3.92. The number of hydrogen-bond acceptors (Lipinski definition) is 5. The summed E-state index contributed by atoms with van der Waals surface area (Å²) in [5.74, 6) is -5.55. The van der Waals surface area contributed by atoms with Gasteiger partial charge in [-0.1, -0.05) is 20.8 Å². The fourth-order valence-corrected chi connectivity index (χ4v) is 8.86. The number of aliphatic hydroxyl groups is 4. The monoisotopic (exact) mass is 460 g/mol. The minimum atomic E-state index is -2.42. The van der Waals surface area contributed by atoms with Crippen molar-refractivity contribution in [2.75, 3.05) is 13.4 Å². The number of halogens is 2. The molecule has 7 heteroatoms. The molecular weight excluding hydrogens is 418 g/mol. The minimum absolute atomic E-state index is 0.0293. The molecule has 4 rings (SSSR count). The van der Waals surface area contributed by atoms with Gasteiger partial charge in [0, 0.05) is 31.8 Å². The van der Waals surface area contributed by atoms with Crippen LogP contribution in [0.4, 0.5) is 8.78 Å². The number of ether oxygens (including phenoxy) is 1. The first-order valence-corrected chi connectivity index (χ1v) is 12.6. The number of aliphatic hydroxyl groups excluding tert-OH is 2. The van der Waals surface area contributed by atoms with E-state index < -0.39 is 40.5 Å². The van der Waals surface area contributed by atoms with Crippen molar-refractivity contribution in [1.82, 2.24) is 0 Å². The summed E-state index contributed by atoms with van der Waals surface area (Å²) in [6.07, 6.45) is 3.40. The molecule has 4 N–H and O–H groups in total. The molecule has 5 nitrogen and oxygen atoms in total. The predicted molar refractivity (Wildman–Crippen MR) is 116 cm³/mol. The molecule has 0 aromatic carbocycles. The zero-order valence-corrected chi connectivity index (χ0v) is 19.8. The summed E-state index contributed by atoms with van der Waals surface area (Å²) in [6, 6.07) is 0. The van der Waals surface area contributed by atoms with E-state index in [1.54, 1.807) is 0 Å². The standard InChI is InChI=1S/C25H42F2O5/c1-15(5-4-10-32-14-28)17-6-7-18-21-19(11-20(29)23(17,18)3)22(2)8-9-24(26,30)12-16(22)13-25(21,27)31/h15-21,28-31H,4-14H2,1-3H3.